The largest absolute Gasteiger partial charge is 0.450 e. The summed E-state index contributed by atoms with van der Waals surface area (Å²) >= 11 is 0. The van der Waals surface area contributed by atoms with E-state index in [1.165, 1.54) is 0 Å². The fraction of sp³-hybridized carbons (Fsp3) is 0.500. The molecule has 0 fully saturated rings. The molecule has 1 atom stereocenters. The Balaban J connectivity index is 2.49. The van der Waals surface area contributed by atoms with E-state index in [0.29, 0.717) is 6.61 Å². The van der Waals surface area contributed by atoms with E-state index in [4.69, 9.17) is 10.00 Å². The van der Waals surface area contributed by atoms with Gasteiger partial charge in [-0.3, -0.25) is 4.79 Å². The summed E-state index contributed by atoms with van der Waals surface area (Å²) in [5, 5.41) is 13.7. The Morgan fingerprint density at radius 3 is 2.58 bits per heavy atom. The summed E-state index contributed by atoms with van der Waals surface area (Å²) in [6, 6.07) is 11.0. The summed E-state index contributed by atoms with van der Waals surface area (Å²) in [5.41, 5.74) is 0.774. The van der Waals surface area contributed by atoms with E-state index in [1.807, 2.05) is 36.4 Å². The fourth-order valence-corrected chi connectivity index (χ4v) is 2.23. The van der Waals surface area contributed by atoms with Crippen molar-refractivity contribution in [1.82, 2.24) is 10.6 Å². The fourth-order valence-electron chi connectivity index (χ4n) is 2.23. The molecule has 0 bridgehead atoms. The van der Waals surface area contributed by atoms with E-state index in [9.17, 15) is 9.59 Å². The zero-order valence-electron chi connectivity index (χ0n) is 14.1. The minimum absolute atomic E-state index is 0.0654. The maximum absolute atomic E-state index is 12.2. The number of hydrogen-bond donors (Lipinski definition) is 2. The minimum atomic E-state index is -0.563. The minimum Gasteiger partial charge on any atom is -0.450 e. The van der Waals surface area contributed by atoms with Gasteiger partial charge < -0.3 is 15.4 Å². The van der Waals surface area contributed by atoms with E-state index in [1.54, 1.807) is 0 Å². The molecule has 0 saturated heterocycles. The van der Waals surface area contributed by atoms with Crippen LogP contribution < -0.4 is 10.6 Å². The van der Waals surface area contributed by atoms with Gasteiger partial charge >= 0.3 is 6.09 Å². The third-order valence-corrected chi connectivity index (χ3v) is 3.54. The molecular weight excluding hydrogens is 306 g/mol. The average Bonchev–Trinajstić information content (AvgIpc) is 2.60. The van der Waals surface area contributed by atoms with Gasteiger partial charge in [0, 0.05) is 6.54 Å². The SMILES string of the molecule is CCCCCCOC(=O)NCC(C(=O)NCC#N)c1ccccc1. The first kappa shape index (κ1) is 19.5. The van der Waals surface area contributed by atoms with Crippen molar-refractivity contribution >= 4 is 12.0 Å². The van der Waals surface area contributed by atoms with Crippen LogP contribution in [0.2, 0.25) is 0 Å². The molecule has 2 N–H and O–H groups in total. The van der Waals surface area contributed by atoms with Crippen molar-refractivity contribution in [2.24, 2.45) is 0 Å². The highest BCUT2D eigenvalue weighted by molar-refractivity contribution is 5.84. The number of benzene rings is 1. The summed E-state index contributed by atoms with van der Waals surface area (Å²) in [6.07, 6.45) is 3.60. The van der Waals surface area contributed by atoms with Gasteiger partial charge in [-0.2, -0.15) is 5.26 Å². The molecule has 2 amide bonds. The van der Waals surface area contributed by atoms with E-state index in [-0.39, 0.29) is 19.0 Å². The Morgan fingerprint density at radius 1 is 1.17 bits per heavy atom. The highest BCUT2D eigenvalue weighted by atomic mass is 16.5. The summed E-state index contributed by atoms with van der Waals surface area (Å²) < 4.78 is 5.10. The van der Waals surface area contributed by atoms with Crippen LogP contribution >= 0.6 is 0 Å². The summed E-state index contributed by atoms with van der Waals surface area (Å²) in [6.45, 7) is 2.55. The predicted octanol–water partition coefficient (Wildman–Crippen LogP) is 2.72. The second kappa shape index (κ2) is 11.9. The van der Waals surface area contributed by atoms with Crippen molar-refractivity contribution in [3.8, 4) is 6.07 Å². The molecule has 0 aromatic heterocycles. The van der Waals surface area contributed by atoms with Crippen LogP contribution in [-0.2, 0) is 9.53 Å². The second-order valence-electron chi connectivity index (χ2n) is 5.42. The molecule has 0 aliphatic carbocycles. The lowest BCUT2D eigenvalue weighted by Gasteiger charge is -2.17. The maximum Gasteiger partial charge on any atom is 0.407 e. The number of ether oxygens (including phenoxy) is 1. The van der Waals surface area contributed by atoms with Crippen LogP contribution in [0.15, 0.2) is 30.3 Å². The number of unbranched alkanes of at least 4 members (excludes halogenated alkanes) is 3. The Morgan fingerprint density at radius 2 is 1.92 bits per heavy atom. The van der Waals surface area contributed by atoms with Crippen molar-refractivity contribution in [2.75, 3.05) is 19.7 Å². The molecule has 24 heavy (non-hydrogen) atoms. The van der Waals surface area contributed by atoms with Crippen molar-refractivity contribution in [2.45, 2.75) is 38.5 Å². The lowest BCUT2D eigenvalue weighted by atomic mass is 9.98. The first-order valence-corrected chi connectivity index (χ1v) is 8.29. The zero-order valence-corrected chi connectivity index (χ0v) is 14.1. The van der Waals surface area contributed by atoms with Crippen molar-refractivity contribution in [1.29, 1.82) is 5.26 Å². The zero-order chi connectivity index (χ0) is 17.6. The number of amides is 2. The van der Waals surface area contributed by atoms with E-state index < -0.39 is 12.0 Å². The van der Waals surface area contributed by atoms with Crippen molar-refractivity contribution < 1.29 is 14.3 Å². The Hall–Kier alpha value is -2.55. The van der Waals surface area contributed by atoms with Gasteiger partial charge in [0.15, 0.2) is 0 Å². The highest BCUT2D eigenvalue weighted by Crippen LogP contribution is 2.15. The van der Waals surface area contributed by atoms with Crippen LogP contribution in [0.5, 0.6) is 0 Å². The van der Waals surface area contributed by atoms with Gasteiger partial charge in [0.1, 0.15) is 6.54 Å². The lowest BCUT2D eigenvalue weighted by Crippen LogP contribution is -2.37. The van der Waals surface area contributed by atoms with Gasteiger partial charge in [-0.15, -0.1) is 0 Å². The van der Waals surface area contributed by atoms with Crippen LogP contribution in [0, 0.1) is 11.3 Å². The van der Waals surface area contributed by atoms with Gasteiger partial charge in [0.25, 0.3) is 0 Å². The smallest absolute Gasteiger partial charge is 0.407 e. The third-order valence-electron chi connectivity index (χ3n) is 3.54. The molecule has 130 valence electrons. The normalized spacial score (nSPS) is 11.2. The number of nitrogens with zero attached hydrogens (tertiary/aromatic N) is 1. The molecule has 1 aromatic carbocycles. The second-order valence-corrected chi connectivity index (χ2v) is 5.42. The Labute approximate surface area is 143 Å². The highest BCUT2D eigenvalue weighted by Gasteiger charge is 2.21. The molecule has 1 aromatic rings. The average molecular weight is 331 g/mol. The molecule has 6 nitrogen and oxygen atoms in total. The van der Waals surface area contributed by atoms with Gasteiger partial charge in [-0.1, -0.05) is 56.5 Å². The number of rotatable bonds is 10. The van der Waals surface area contributed by atoms with Crippen LogP contribution in [0.25, 0.3) is 0 Å². The van der Waals surface area contributed by atoms with Crippen LogP contribution in [0.3, 0.4) is 0 Å². The Bertz CT molecular complexity index is 540. The summed E-state index contributed by atoms with van der Waals surface area (Å²) in [5.74, 6) is -0.863. The van der Waals surface area contributed by atoms with Crippen molar-refractivity contribution in [3.63, 3.8) is 0 Å². The van der Waals surface area contributed by atoms with Crippen LogP contribution in [-0.4, -0.2) is 31.7 Å². The number of hydrogen-bond acceptors (Lipinski definition) is 4. The molecular formula is C18H25N3O3. The van der Waals surface area contributed by atoms with Crippen LogP contribution in [0.1, 0.15) is 44.1 Å². The Kier molecular flexibility index (Phi) is 9.70. The van der Waals surface area contributed by atoms with Gasteiger partial charge in [0.2, 0.25) is 5.91 Å². The lowest BCUT2D eigenvalue weighted by molar-refractivity contribution is -0.122. The molecule has 0 aliphatic rings. The topological polar surface area (TPSA) is 91.2 Å². The summed E-state index contributed by atoms with van der Waals surface area (Å²) in [7, 11) is 0. The van der Waals surface area contributed by atoms with Gasteiger partial charge in [-0.05, 0) is 12.0 Å². The van der Waals surface area contributed by atoms with E-state index in [0.717, 1.165) is 31.2 Å². The first-order chi connectivity index (χ1) is 11.7. The van der Waals surface area contributed by atoms with Crippen LogP contribution in [0.4, 0.5) is 4.79 Å². The van der Waals surface area contributed by atoms with Gasteiger partial charge in [-0.25, -0.2) is 4.79 Å². The molecule has 6 heteroatoms. The molecule has 0 saturated carbocycles. The molecule has 0 aliphatic heterocycles. The predicted molar refractivity (Wildman–Crippen MR) is 91.3 cm³/mol. The molecule has 0 radical (unpaired) electrons. The standard InChI is InChI=1S/C18H25N3O3/c1-2-3-4-8-13-24-18(23)21-14-16(17(22)20-12-11-19)15-9-6-5-7-10-15/h5-7,9-10,16H,2-4,8,12-14H2,1H3,(H,20,22)(H,21,23). The number of nitriles is 1. The van der Waals surface area contributed by atoms with E-state index in [2.05, 4.69) is 17.6 Å². The van der Waals surface area contributed by atoms with Crippen molar-refractivity contribution in [3.05, 3.63) is 35.9 Å². The molecule has 0 spiro atoms. The molecule has 1 unspecified atom stereocenters. The number of carbonyl (C=O) groups excluding carboxylic acids is 2. The quantitative estimate of drug-likeness (QED) is 0.509. The number of carbonyl (C=O) groups is 2. The monoisotopic (exact) mass is 331 g/mol. The molecule has 0 heterocycles. The third kappa shape index (κ3) is 7.63. The number of nitrogens with one attached hydrogen (secondary N) is 2. The van der Waals surface area contributed by atoms with E-state index >= 15 is 0 Å². The number of alkyl carbamates (subject to hydrolysis) is 1. The summed E-state index contributed by atoms with van der Waals surface area (Å²) in [4.78, 5) is 23.9. The molecule has 1 rings (SSSR count). The first-order valence-electron chi connectivity index (χ1n) is 8.29. The van der Waals surface area contributed by atoms with Gasteiger partial charge in [0.05, 0.1) is 18.6 Å². The maximum atomic E-state index is 12.2.